The maximum Gasteiger partial charge on any atom is 0.280 e. The molecule has 1 saturated heterocycles. The van der Waals surface area contributed by atoms with Crippen LogP contribution in [0, 0.1) is 0 Å². The van der Waals surface area contributed by atoms with Gasteiger partial charge in [0.2, 0.25) is 5.28 Å². The van der Waals surface area contributed by atoms with Crippen LogP contribution in [0.1, 0.15) is 6.23 Å². The molecule has 0 aromatic carbocycles. The lowest BCUT2D eigenvalue weighted by Crippen LogP contribution is -2.56. The molecule has 5 N–H and O–H groups in total. The van der Waals surface area contributed by atoms with Gasteiger partial charge >= 0.3 is 0 Å². The molecule has 2 aromatic heterocycles. The Morgan fingerprint density at radius 2 is 2.05 bits per heavy atom. The van der Waals surface area contributed by atoms with E-state index in [4.69, 9.17) is 16.3 Å². The number of halogens is 1. The number of aromatic nitrogens is 4. The average Bonchev–Trinajstić information content (AvgIpc) is 2.89. The number of imidazole rings is 1. The van der Waals surface area contributed by atoms with Gasteiger partial charge in [-0.25, -0.2) is 4.98 Å². The number of fused-ring (bicyclic) bond motifs is 1. The molecule has 11 heteroatoms. The highest BCUT2D eigenvalue weighted by molar-refractivity contribution is 6.28. The van der Waals surface area contributed by atoms with Crippen molar-refractivity contribution in [2.75, 3.05) is 6.61 Å². The van der Waals surface area contributed by atoms with E-state index in [1.54, 1.807) is 0 Å². The summed E-state index contributed by atoms with van der Waals surface area (Å²) in [7, 11) is 0. The Hall–Kier alpha value is -1.56. The molecule has 3 rings (SSSR count). The van der Waals surface area contributed by atoms with Gasteiger partial charge in [0.05, 0.1) is 12.9 Å². The van der Waals surface area contributed by atoms with Crippen LogP contribution in [-0.4, -0.2) is 71.0 Å². The fourth-order valence-corrected chi connectivity index (χ4v) is 2.56. The van der Waals surface area contributed by atoms with E-state index in [-0.39, 0.29) is 16.4 Å². The molecular weight excluding hydrogens is 320 g/mol. The predicted molar refractivity (Wildman–Crippen MR) is 72.2 cm³/mol. The molecule has 0 unspecified atom stereocenters. The number of aliphatic hydroxyl groups excluding tert-OH is 4. The van der Waals surface area contributed by atoms with Crippen molar-refractivity contribution in [2.45, 2.75) is 30.6 Å². The van der Waals surface area contributed by atoms with Crippen LogP contribution in [0.3, 0.4) is 0 Å². The summed E-state index contributed by atoms with van der Waals surface area (Å²) in [5.74, 6) is 0. The summed E-state index contributed by atoms with van der Waals surface area (Å²) in [6, 6.07) is 0. The smallest absolute Gasteiger partial charge is 0.280 e. The third kappa shape index (κ3) is 2.29. The number of aliphatic hydroxyl groups is 4. The van der Waals surface area contributed by atoms with Crippen LogP contribution in [0.2, 0.25) is 5.28 Å². The third-order valence-electron chi connectivity index (χ3n) is 3.54. The topological polar surface area (TPSA) is 154 Å². The van der Waals surface area contributed by atoms with Crippen LogP contribution in [0.15, 0.2) is 11.1 Å². The molecule has 3 heterocycles. The van der Waals surface area contributed by atoms with E-state index < -0.39 is 42.8 Å². The molecule has 2 aromatic rings. The van der Waals surface area contributed by atoms with Gasteiger partial charge < -0.3 is 25.2 Å². The molecule has 0 spiro atoms. The Kier molecular flexibility index (Phi) is 3.89. The molecule has 0 bridgehead atoms. The predicted octanol–water partition coefficient (Wildman–Crippen LogP) is -2.25. The van der Waals surface area contributed by atoms with Gasteiger partial charge in [0.1, 0.15) is 24.4 Å². The van der Waals surface area contributed by atoms with Gasteiger partial charge in [-0.2, -0.15) is 4.98 Å². The lowest BCUT2D eigenvalue weighted by Gasteiger charge is -2.40. The SMILES string of the molecule is O=c1[nH]c(Cl)nc2c1ncn2[C@@H]1O[C@H](CO)[C@@H](O)[C@H](O)[C@H]1O. The van der Waals surface area contributed by atoms with Gasteiger partial charge in [-0.1, -0.05) is 0 Å². The summed E-state index contributed by atoms with van der Waals surface area (Å²) in [5.41, 5.74) is -0.558. The fourth-order valence-electron chi connectivity index (χ4n) is 2.40. The lowest BCUT2D eigenvalue weighted by atomic mass is 9.98. The highest BCUT2D eigenvalue weighted by Gasteiger charge is 2.44. The summed E-state index contributed by atoms with van der Waals surface area (Å²) >= 11 is 5.70. The molecule has 1 aliphatic heterocycles. The van der Waals surface area contributed by atoms with Crippen molar-refractivity contribution >= 4 is 22.8 Å². The number of ether oxygens (including phenoxy) is 1. The summed E-state index contributed by atoms with van der Waals surface area (Å²) in [4.78, 5) is 21.8. The highest BCUT2D eigenvalue weighted by Crippen LogP contribution is 2.29. The molecule has 0 radical (unpaired) electrons. The second-order valence-electron chi connectivity index (χ2n) is 4.90. The zero-order chi connectivity index (χ0) is 16.0. The van der Waals surface area contributed by atoms with E-state index in [1.807, 2.05) is 0 Å². The highest BCUT2D eigenvalue weighted by atomic mass is 35.5. The summed E-state index contributed by atoms with van der Waals surface area (Å²) in [5, 5.41) is 38.7. The monoisotopic (exact) mass is 332 g/mol. The minimum Gasteiger partial charge on any atom is -0.394 e. The molecule has 120 valence electrons. The van der Waals surface area contributed by atoms with Gasteiger partial charge in [-0.3, -0.25) is 14.3 Å². The third-order valence-corrected chi connectivity index (χ3v) is 3.72. The van der Waals surface area contributed by atoms with Gasteiger partial charge in [0.15, 0.2) is 17.4 Å². The van der Waals surface area contributed by atoms with E-state index in [0.717, 1.165) is 0 Å². The minimum absolute atomic E-state index is 0.0265. The first-order valence-electron chi connectivity index (χ1n) is 6.37. The Balaban J connectivity index is 2.08. The van der Waals surface area contributed by atoms with Crippen LogP contribution in [0.4, 0.5) is 0 Å². The number of H-pyrrole nitrogens is 1. The second-order valence-corrected chi connectivity index (χ2v) is 5.26. The average molecular weight is 333 g/mol. The molecule has 1 aliphatic rings. The van der Waals surface area contributed by atoms with E-state index in [1.165, 1.54) is 10.9 Å². The van der Waals surface area contributed by atoms with Crippen molar-refractivity contribution < 1.29 is 25.2 Å². The van der Waals surface area contributed by atoms with Crippen molar-refractivity contribution in [3.63, 3.8) is 0 Å². The van der Waals surface area contributed by atoms with Crippen molar-refractivity contribution in [1.82, 2.24) is 19.5 Å². The van der Waals surface area contributed by atoms with Crippen molar-refractivity contribution in [2.24, 2.45) is 0 Å². The Bertz CT molecular complexity index is 746. The summed E-state index contributed by atoms with van der Waals surface area (Å²) in [6.45, 7) is -0.567. The molecule has 0 aliphatic carbocycles. The summed E-state index contributed by atoms with van der Waals surface area (Å²) in [6.07, 6.45) is -5.65. The van der Waals surface area contributed by atoms with Crippen LogP contribution in [-0.2, 0) is 4.74 Å². The van der Waals surface area contributed by atoms with E-state index >= 15 is 0 Å². The van der Waals surface area contributed by atoms with Gasteiger partial charge in [-0.05, 0) is 11.6 Å². The normalized spacial score (nSPS) is 32.5. The van der Waals surface area contributed by atoms with Crippen LogP contribution in [0.25, 0.3) is 11.2 Å². The van der Waals surface area contributed by atoms with Crippen LogP contribution >= 0.6 is 11.6 Å². The first-order chi connectivity index (χ1) is 10.4. The molecule has 10 nitrogen and oxygen atoms in total. The number of hydrogen-bond donors (Lipinski definition) is 5. The zero-order valence-electron chi connectivity index (χ0n) is 11.0. The zero-order valence-corrected chi connectivity index (χ0v) is 11.8. The Labute approximate surface area is 127 Å². The van der Waals surface area contributed by atoms with Crippen LogP contribution < -0.4 is 5.56 Å². The maximum absolute atomic E-state index is 11.7. The quantitative estimate of drug-likeness (QED) is 0.386. The number of aromatic amines is 1. The number of rotatable bonds is 2. The lowest BCUT2D eigenvalue weighted by molar-refractivity contribution is -0.250. The number of hydrogen-bond acceptors (Lipinski definition) is 8. The largest absolute Gasteiger partial charge is 0.394 e. The molecule has 0 amide bonds. The molecule has 22 heavy (non-hydrogen) atoms. The number of nitrogens with one attached hydrogen (secondary N) is 1. The fraction of sp³-hybridized carbons (Fsp3) is 0.545. The van der Waals surface area contributed by atoms with E-state index in [9.17, 15) is 25.2 Å². The first kappa shape index (κ1) is 15.3. The maximum atomic E-state index is 11.7. The minimum atomic E-state index is -1.55. The Morgan fingerprint density at radius 3 is 2.73 bits per heavy atom. The van der Waals surface area contributed by atoms with Crippen molar-refractivity contribution in [3.05, 3.63) is 22.0 Å². The molecule has 5 atom stereocenters. The Morgan fingerprint density at radius 1 is 1.32 bits per heavy atom. The second kappa shape index (κ2) is 5.57. The van der Waals surface area contributed by atoms with Gasteiger partial charge in [-0.15, -0.1) is 0 Å². The van der Waals surface area contributed by atoms with E-state index in [2.05, 4.69) is 15.0 Å². The van der Waals surface area contributed by atoms with E-state index in [0.29, 0.717) is 0 Å². The van der Waals surface area contributed by atoms with Gasteiger partial charge in [0.25, 0.3) is 5.56 Å². The summed E-state index contributed by atoms with van der Waals surface area (Å²) < 4.78 is 6.59. The molecular formula is C11H13ClN4O6. The van der Waals surface area contributed by atoms with Crippen LogP contribution in [0.5, 0.6) is 0 Å². The van der Waals surface area contributed by atoms with Gasteiger partial charge in [0, 0.05) is 0 Å². The first-order valence-corrected chi connectivity index (χ1v) is 6.74. The number of nitrogens with zero attached hydrogens (tertiary/aromatic N) is 3. The standard InChI is InChI=1S/C11H13ClN4O6/c12-11-14-8-4(9(21)15-11)13-2-16(8)10-7(20)6(19)5(18)3(1-17)22-10/h2-3,5-7,10,17-20H,1H2,(H,14,15,21)/t3-,5-,6+,7-,10-/m1/s1. The molecule has 1 fully saturated rings. The van der Waals surface area contributed by atoms with Crippen molar-refractivity contribution in [1.29, 1.82) is 0 Å². The molecule has 0 saturated carbocycles. The van der Waals surface area contributed by atoms with Crippen molar-refractivity contribution in [3.8, 4) is 0 Å².